The number of nitrogens with zero attached hydrogens (tertiary/aromatic N) is 2. The smallest absolute Gasteiger partial charge is 0.157 e. The molecule has 1 aromatic heterocycles. The van der Waals surface area contributed by atoms with Gasteiger partial charge in [-0.2, -0.15) is 0 Å². The second-order valence-corrected chi connectivity index (χ2v) is 4.94. The summed E-state index contributed by atoms with van der Waals surface area (Å²) in [5, 5.41) is 3.24. The average molecular weight is 285 g/mol. The Hall–Kier alpha value is -2.14. The third-order valence-electron chi connectivity index (χ3n) is 3.39. The number of ether oxygens (including phenoxy) is 2. The molecule has 0 bridgehead atoms. The zero-order chi connectivity index (χ0) is 14.7. The van der Waals surface area contributed by atoms with Crippen LogP contribution in [0.5, 0.6) is 5.75 Å². The van der Waals surface area contributed by atoms with Crippen LogP contribution >= 0.6 is 0 Å². The van der Waals surface area contributed by atoms with Gasteiger partial charge in [0.1, 0.15) is 18.2 Å². The van der Waals surface area contributed by atoms with Gasteiger partial charge in [-0.25, -0.2) is 9.97 Å². The molecule has 0 fully saturated rings. The Labute approximate surface area is 124 Å². The van der Waals surface area contributed by atoms with E-state index in [0.29, 0.717) is 12.4 Å². The summed E-state index contributed by atoms with van der Waals surface area (Å²) in [5.74, 6) is 2.49. The van der Waals surface area contributed by atoms with Crippen LogP contribution in [0, 0.1) is 0 Å². The maximum absolute atomic E-state index is 5.55. The summed E-state index contributed by atoms with van der Waals surface area (Å²) >= 11 is 0. The van der Waals surface area contributed by atoms with Gasteiger partial charge in [0.25, 0.3) is 0 Å². The van der Waals surface area contributed by atoms with Crippen LogP contribution in [-0.2, 0) is 17.8 Å². The Morgan fingerprint density at radius 2 is 2.19 bits per heavy atom. The van der Waals surface area contributed by atoms with Crippen molar-refractivity contribution in [3.05, 3.63) is 35.7 Å². The van der Waals surface area contributed by atoms with Gasteiger partial charge in [-0.3, -0.25) is 0 Å². The minimum atomic E-state index is 0.403. The number of hydrogen-bond acceptors (Lipinski definition) is 5. The quantitative estimate of drug-likeness (QED) is 0.915. The summed E-state index contributed by atoms with van der Waals surface area (Å²) in [7, 11) is 1.65. The number of nitrogens with one attached hydrogen (secondary N) is 1. The summed E-state index contributed by atoms with van der Waals surface area (Å²) < 4.78 is 10.7. The number of anilines is 1. The van der Waals surface area contributed by atoms with E-state index < -0.39 is 0 Å². The summed E-state index contributed by atoms with van der Waals surface area (Å²) in [6, 6.07) is 8.18. The van der Waals surface area contributed by atoms with Crippen molar-refractivity contribution in [1.29, 1.82) is 0 Å². The van der Waals surface area contributed by atoms with Crippen molar-refractivity contribution < 1.29 is 9.47 Å². The highest BCUT2D eigenvalue weighted by atomic mass is 16.5. The lowest BCUT2D eigenvalue weighted by Gasteiger charge is -2.09. The molecule has 0 spiro atoms. The highest BCUT2D eigenvalue weighted by Crippen LogP contribution is 2.30. The van der Waals surface area contributed by atoms with Gasteiger partial charge in [0.2, 0.25) is 0 Å². The molecule has 5 heteroatoms. The molecule has 3 rings (SSSR count). The van der Waals surface area contributed by atoms with Crippen LogP contribution in [0.3, 0.4) is 0 Å². The van der Waals surface area contributed by atoms with Crippen molar-refractivity contribution in [3.8, 4) is 17.0 Å². The van der Waals surface area contributed by atoms with E-state index in [4.69, 9.17) is 9.47 Å². The van der Waals surface area contributed by atoms with E-state index in [9.17, 15) is 0 Å². The maximum Gasteiger partial charge on any atom is 0.157 e. The van der Waals surface area contributed by atoms with Gasteiger partial charge in [-0.05, 0) is 30.7 Å². The lowest BCUT2D eigenvalue weighted by atomic mass is 10.1. The fourth-order valence-electron chi connectivity index (χ4n) is 2.46. The summed E-state index contributed by atoms with van der Waals surface area (Å²) in [4.78, 5) is 9.02. The molecule has 0 saturated heterocycles. The molecule has 21 heavy (non-hydrogen) atoms. The molecule has 0 atom stereocenters. The Morgan fingerprint density at radius 1 is 1.29 bits per heavy atom. The first-order valence-electron chi connectivity index (χ1n) is 7.17. The minimum Gasteiger partial charge on any atom is -0.493 e. The van der Waals surface area contributed by atoms with Crippen LogP contribution in [-0.4, -0.2) is 30.2 Å². The second kappa shape index (κ2) is 6.10. The van der Waals surface area contributed by atoms with Crippen LogP contribution in [0.2, 0.25) is 0 Å². The molecule has 0 saturated carbocycles. The van der Waals surface area contributed by atoms with Gasteiger partial charge >= 0.3 is 0 Å². The molecule has 1 aliphatic heterocycles. The van der Waals surface area contributed by atoms with Gasteiger partial charge in [-0.1, -0.05) is 0 Å². The molecular formula is C16H19N3O2. The normalized spacial score (nSPS) is 12.9. The van der Waals surface area contributed by atoms with Gasteiger partial charge in [0.15, 0.2) is 5.82 Å². The van der Waals surface area contributed by atoms with Crippen molar-refractivity contribution in [2.24, 2.45) is 0 Å². The molecule has 1 N–H and O–H groups in total. The Bertz CT molecular complexity index is 619. The molecule has 2 aromatic rings. The lowest BCUT2D eigenvalue weighted by Crippen LogP contribution is -2.05. The highest BCUT2D eigenvalue weighted by molar-refractivity contribution is 5.65. The fraction of sp³-hybridized carbons (Fsp3) is 0.375. The number of aromatic nitrogens is 2. The van der Waals surface area contributed by atoms with Crippen molar-refractivity contribution in [1.82, 2.24) is 9.97 Å². The monoisotopic (exact) mass is 285 g/mol. The van der Waals surface area contributed by atoms with Gasteiger partial charge < -0.3 is 14.8 Å². The van der Waals surface area contributed by atoms with E-state index in [-0.39, 0.29) is 0 Å². The summed E-state index contributed by atoms with van der Waals surface area (Å²) in [6.07, 6.45) is 0.958. The van der Waals surface area contributed by atoms with Crippen molar-refractivity contribution in [2.45, 2.75) is 20.0 Å². The largest absolute Gasteiger partial charge is 0.493 e. The number of fused-ring (bicyclic) bond motifs is 1. The average Bonchev–Trinajstić information content (AvgIpc) is 2.95. The van der Waals surface area contributed by atoms with Crippen LogP contribution in [0.4, 0.5) is 5.82 Å². The molecular weight excluding hydrogens is 266 g/mol. The Balaban J connectivity index is 1.99. The molecule has 2 heterocycles. The van der Waals surface area contributed by atoms with Gasteiger partial charge in [0, 0.05) is 31.7 Å². The van der Waals surface area contributed by atoms with Crippen LogP contribution in [0.25, 0.3) is 11.3 Å². The third-order valence-corrected chi connectivity index (χ3v) is 3.39. The number of rotatable bonds is 5. The van der Waals surface area contributed by atoms with Crippen LogP contribution < -0.4 is 10.1 Å². The first-order valence-corrected chi connectivity index (χ1v) is 7.17. The highest BCUT2D eigenvalue weighted by Gasteiger charge is 2.14. The van der Waals surface area contributed by atoms with E-state index in [2.05, 4.69) is 21.4 Å². The van der Waals surface area contributed by atoms with Crippen molar-refractivity contribution >= 4 is 5.82 Å². The molecule has 0 unspecified atom stereocenters. The lowest BCUT2D eigenvalue weighted by molar-refractivity contribution is 0.178. The molecule has 110 valence electrons. The molecule has 0 aliphatic carbocycles. The van der Waals surface area contributed by atoms with Crippen molar-refractivity contribution in [2.75, 3.05) is 25.6 Å². The zero-order valence-electron chi connectivity index (χ0n) is 12.3. The molecule has 5 nitrogen and oxygen atoms in total. The minimum absolute atomic E-state index is 0.403. The summed E-state index contributed by atoms with van der Waals surface area (Å²) in [5.41, 5.74) is 3.23. The van der Waals surface area contributed by atoms with E-state index in [1.807, 2.05) is 25.1 Å². The SMILES string of the molecule is CCNc1cc(-c2ccc3c(c2)CCO3)nc(COC)n1. The van der Waals surface area contributed by atoms with Gasteiger partial charge in [0.05, 0.1) is 12.3 Å². The Morgan fingerprint density at radius 3 is 3.00 bits per heavy atom. The van der Waals surface area contributed by atoms with E-state index in [1.165, 1.54) is 5.56 Å². The zero-order valence-corrected chi connectivity index (χ0v) is 12.3. The van der Waals surface area contributed by atoms with Crippen LogP contribution in [0.1, 0.15) is 18.3 Å². The maximum atomic E-state index is 5.55. The van der Waals surface area contributed by atoms with Crippen molar-refractivity contribution in [3.63, 3.8) is 0 Å². The van der Waals surface area contributed by atoms with Gasteiger partial charge in [-0.15, -0.1) is 0 Å². The van der Waals surface area contributed by atoms with Crippen LogP contribution in [0.15, 0.2) is 24.3 Å². The van der Waals surface area contributed by atoms with E-state index in [0.717, 1.165) is 42.4 Å². The topological polar surface area (TPSA) is 56.3 Å². The number of methoxy groups -OCH3 is 1. The van der Waals surface area contributed by atoms with E-state index >= 15 is 0 Å². The fourth-order valence-corrected chi connectivity index (χ4v) is 2.46. The standard InChI is InChI=1S/C16H19N3O2/c1-3-17-15-9-13(18-16(19-15)10-20-2)11-4-5-14-12(8-11)6-7-21-14/h4-5,8-9H,3,6-7,10H2,1-2H3,(H,17,18,19). The molecule has 1 aliphatic rings. The molecule has 0 radical (unpaired) electrons. The Kier molecular flexibility index (Phi) is 4.01. The van der Waals surface area contributed by atoms with E-state index in [1.54, 1.807) is 7.11 Å². The predicted octanol–water partition coefficient (Wildman–Crippen LogP) is 2.66. The summed E-state index contributed by atoms with van der Waals surface area (Å²) in [6.45, 7) is 4.03. The first kappa shape index (κ1) is 13.8. The first-order chi connectivity index (χ1) is 10.3. The molecule has 1 aromatic carbocycles. The molecule has 0 amide bonds. The third kappa shape index (κ3) is 2.97. The number of hydrogen-bond donors (Lipinski definition) is 1. The number of benzene rings is 1. The second-order valence-electron chi connectivity index (χ2n) is 4.94. The predicted molar refractivity (Wildman–Crippen MR) is 81.5 cm³/mol.